The number of sulfonamides is 1. The molecular weight excluding hydrogens is 428 g/mol. The zero-order chi connectivity index (χ0) is 22.6. The number of hydrogen-bond donors (Lipinski definition) is 3. The first-order valence-corrected chi connectivity index (χ1v) is 11.0. The van der Waals surface area contributed by atoms with Gasteiger partial charge in [-0.1, -0.05) is 36.4 Å². The van der Waals surface area contributed by atoms with Crippen molar-refractivity contribution in [2.24, 2.45) is 5.10 Å². The normalized spacial score (nSPS) is 11.5. The Morgan fingerprint density at radius 2 is 1.59 bits per heavy atom. The predicted octanol–water partition coefficient (Wildman–Crippen LogP) is 3.09. The minimum atomic E-state index is -3.72. The number of H-pyrrole nitrogens is 1. The Kier molecular flexibility index (Phi) is 5.82. The number of pyridine rings is 1. The van der Waals surface area contributed by atoms with Gasteiger partial charge in [0, 0.05) is 16.8 Å². The Morgan fingerprint density at radius 1 is 0.906 bits per heavy atom. The van der Waals surface area contributed by atoms with Gasteiger partial charge in [0.2, 0.25) is 0 Å². The summed E-state index contributed by atoms with van der Waals surface area (Å²) in [6, 6.07) is 22.9. The van der Waals surface area contributed by atoms with Crippen LogP contribution < -0.4 is 15.7 Å². The average molecular weight is 446 g/mol. The molecule has 0 unspecified atom stereocenters. The second-order valence-corrected chi connectivity index (χ2v) is 8.52. The lowest BCUT2D eigenvalue weighted by molar-refractivity contribution is 0.0955. The van der Waals surface area contributed by atoms with Crippen molar-refractivity contribution in [1.82, 2.24) is 10.4 Å². The van der Waals surface area contributed by atoms with Crippen molar-refractivity contribution < 1.29 is 13.2 Å². The summed E-state index contributed by atoms with van der Waals surface area (Å²) >= 11 is 0. The van der Waals surface area contributed by atoms with E-state index in [1.807, 2.05) is 18.2 Å². The molecule has 4 rings (SSSR count). The second kappa shape index (κ2) is 8.86. The number of hydrogen-bond acceptors (Lipinski definition) is 5. The van der Waals surface area contributed by atoms with Crippen LogP contribution in [-0.4, -0.2) is 25.5 Å². The van der Waals surface area contributed by atoms with Crippen LogP contribution in [0.1, 0.15) is 15.9 Å². The number of aromatic amines is 1. The van der Waals surface area contributed by atoms with Crippen LogP contribution in [0, 0.1) is 0 Å². The van der Waals surface area contributed by atoms with Crippen LogP contribution in [0.5, 0.6) is 0 Å². The Morgan fingerprint density at radius 3 is 2.34 bits per heavy atom. The van der Waals surface area contributed by atoms with Crippen molar-refractivity contribution in [2.75, 3.05) is 4.72 Å². The lowest BCUT2D eigenvalue weighted by Crippen LogP contribution is -2.19. The highest BCUT2D eigenvalue weighted by Crippen LogP contribution is 2.16. The van der Waals surface area contributed by atoms with Gasteiger partial charge in [-0.2, -0.15) is 5.10 Å². The summed E-state index contributed by atoms with van der Waals surface area (Å²) < 4.78 is 27.2. The van der Waals surface area contributed by atoms with E-state index in [2.05, 4.69) is 20.2 Å². The molecule has 4 aromatic rings. The smallest absolute Gasteiger partial charge is 0.271 e. The van der Waals surface area contributed by atoms with Crippen LogP contribution in [-0.2, 0) is 10.0 Å². The van der Waals surface area contributed by atoms with E-state index in [1.165, 1.54) is 42.6 Å². The van der Waals surface area contributed by atoms with Gasteiger partial charge in [-0.3, -0.25) is 14.3 Å². The van der Waals surface area contributed by atoms with Crippen molar-refractivity contribution >= 4 is 38.7 Å². The molecule has 3 N–H and O–H groups in total. The number of hydrazone groups is 1. The van der Waals surface area contributed by atoms with E-state index in [0.29, 0.717) is 16.8 Å². The maximum atomic E-state index is 12.4. The third-order valence-electron chi connectivity index (χ3n) is 4.60. The summed E-state index contributed by atoms with van der Waals surface area (Å²) in [6.07, 6.45) is 1.27. The lowest BCUT2D eigenvalue weighted by atomic mass is 10.2. The van der Waals surface area contributed by atoms with Gasteiger partial charge in [0.1, 0.15) is 0 Å². The first kappa shape index (κ1) is 21.0. The Balaban J connectivity index is 1.42. The standard InChI is InChI=1S/C23H18N4O4S/c28-22-18(14-17-6-4-5-9-21(17)25-22)15-24-26-23(29)16-10-12-19(13-11-16)27-32(30,31)20-7-2-1-3-8-20/h1-15,27H,(H,25,28)(H,26,29)/b24-15+. The zero-order valence-electron chi connectivity index (χ0n) is 16.6. The van der Waals surface area contributed by atoms with Gasteiger partial charge in [-0.25, -0.2) is 13.8 Å². The van der Waals surface area contributed by atoms with Crippen LogP contribution in [0.15, 0.2) is 99.7 Å². The molecule has 3 aromatic carbocycles. The highest BCUT2D eigenvalue weighted by Gasteiger charge is 2.13. The lowest BCUT2D eigenvalue weighted by Gasteiger charge is -2.08. The number of carbonyl (C=O) groups is 1. The average Bonchev–Trinajstić information content (AvgIpc) is 2.80. The molecule has 0 saturated heterocycles. The second-order valence-electron chi connectivity index (χ2n) is 6.84. The molecule has 32 heavy (non-hydrogen) atoms. The summed E-state index contributed by atoms with van der Waals surface area (Å²) in [4.78, 5) is 27.3. The summed E-state index contributed by atoms with van der Waals surface area (Å²) in [5.41, 5.74) is 3.63. The maximum Gasteiger partial charge on any atom is 0.271 e. The minimum absolute atomic E-state index is 0.139. The van der Waals surface area contributed by atoms with Crippen LogP contribution in [0.25, 0.3) is 10.9 Å². The van der Waals surface area contributed by atoms with Crippen LogP contribution in [0.2, 0.25) is 0 Å². The summed E-state index contributed by atoms with van der Waals surface area (Å²) in [5.74, 6) is -0.504. The number of anilines is 1. The first-order chi connectivity index (χ1) is 15.4. The van der Waals surface area contributed by atoms with Crippen molar-refractivity contribution in [3.63, 3.8) is 0 Å². The summed E-state index contributed by atoms with van der Waals surface area (Å²) in [5, 5.41) is 4.69. The number of nitrogens with zero attached hydrogens (tertiary/aromatic N) is 1. The molecule has 0 atom stereocenters. The number of rotatable bonds is 6. The zero-order valence-corrected chi connectivity index (χ0v) is 17.5. The number of fused-ring (bicyclic) bond motifs is 1. The third kappa shape index (κ3) is 4.73. The molecule has 1 aromatic heterocycles. The van der Waals surface area contributed by atoms with E-state index in [-0.39, 0.29) is 16.0 Å². The van der Waals surface area contributed by atoms with E-state index < -0.39 is 15.9 Å². The molecule has 9 heteroatoms. The molecule has 0 fully saturated rings. The molecule has 160 valence electrons. The van der Waals surface area contributed by atoms with Gasteiger partial charge in [0.15, 0.2) is 0 Å². The van der Waals surface area contributed by atoms with Crippen molar-refractivity contribution in [3.8, 4) is 0 Å². The number of amides is 1. The van der Waals surface area contributed by atoms with Crippen LogP contribution >= 0.6 is 0 Å². The fourth-order valence-electron chi connectivity index (χ4n) is 2.99. The van der Waals surface area contributed by atoms with E-state index >= 15 is 0 Å². The monoisotopic (exact) mass is 446 g/mol. The first-order valence-electron chi connectivity index (χ1n) is 9.56. The van der Waals surface area contributed by atoms with Gasteiger partial charge in [0.05, 0.1) is 16.7 Å². The number of carbonyl (C=O) groups excluding carboxylic acids is 1. The fraction of sp³-hybridized carbons (Fsp3) is 0. The van der Waals surface area contributed by atoms with Gasteiger partial charge in [0.25, 0.3) is 21.5 Å². The molecule has 0 aliphatic heterocycles. The quantitative estimate of drug-likeness (QED) is 0.311. The van der Waals surface area contributed by atoms with E-state index in [1.54, 1.807) is 30.3 Å². The molecule has 1 heterocycles. The predicted molar refractivity (Wildman–Crippen MR) is 123 cm³/mol. The molecular formula is C23H18N4O4S. The van der Waals surface area contributed by atoms with E-state index in [4.69, 9.17) is 0 Å². The Bertz CT molecular complexity index is 1460. The largest absolute Gasteiger partial charge is 0.321 e. The number of benzene rings is 3. The fourth-order valence-corrected chi connectivity index (χ4v) is 4.07. The van der Waals surface area contributed by atoms with E-state index in [0.717, 1.165) is 5.39 Å². The van der Waals surface area contributed by atoms with Gasteiger partial charge in [-0.05, 0) is 53.9 Å². The van der Waals surface area contributed by atoms with Crippen molar-refractivity contribution in [3.05, 3.63) is 106 Å². The third-order valence-corrected chi connectivity index (χ3v) is 6.00. The minimum Gasteiger partial charge on any atom is -0.321 e. The van der Waals surface area contributed by atoms with E-state index in [9.17, 15) is 18.0 Å². The molecule has 1 amide bonds. The molecule has 0 aliphatic rings. The number of nitrogens with one attached hydrogen (secondary N) is 3. The van der Waals surface area contributed by atoms with Crippen molar-refractivity contribution in [1.29, 1.82) is 0 Å². The van der Waals surface area contributed by atoms with Gasteiger partial charge < -0.3 is 4.98 Å². The molecule has 0 radical (unpaired) electrons. The summed E-state index contributed by atoms with van der Waals surface area (Å²) in [7, 11) is -3.72. The highest BCUT2D eigenvalue weighted by atomic mass is 32.2. The number of para-hydroxylation sites is 1. The summed E-state index contributed by atoms with van der Waals surface area (Å²) in [6.45, 7) is 0. The highest BCUT2D eigenvalue weighted by molar-refractivity contribution is 7.92. The maximum absolute atomic E-state index is 12.4. The SMILES string of the molecule is O=C(N/N=C/c1cc2ccccc2[nH]c1=O)c1ccc(NS(=O)(=O)c2ccccc2)cc1. The molecule has 0 spiro atoms. The molecule has 0 saturated carbocycles. The molecule has 8 nitrogen and oxygen atoms in total. The molecule has 0 aliphatic carbocycles. The van der Waals surface area contributed by atoms with Crippen LogP contribution in [0.3, 0.4) is 0 Å². The topological polar surface area (TPSA) is 120 Å². The van der Waals surface area contributed by atoms with Crippen LogP contribution in [0.4, 0.5) is 5.69 Å². The Labute approximate surface area is 183 Å². The van der Waals surface area contributed by atoms with Gasteiger partial charge >= 0.3 is 0 Å². The number of aromatic nitrogens is 1. The van der Waals surface area contributed by atoms with Gasteiger partial charge in [-0.15, -0.1) is 0 Å². The Hall–Kier alpha value is -4.24. The van der Waals surface area contributed by atoms with Crippen molar-refractivity contribution in [2.45, 2.75) is 4.90 Å². The molecule has 0 bridgehead atoms.